The Morgan fingerprint density at radius 1 is 1.25 bits per heavy atom. The van der Waals surface area contributed by atoms with Crippen LogP contribution in [0.1, 0.15) is 26.1 Å². The number of ether oxygens (including phenoxy) is 1. The zero-order valence-electron chi connectivity index (χ0n) is 13.7. The summed E-state index contributed by atoms with van der Waals surface area (Å²) in [6, 6.07) is 7.65. The molecule has 2 aromatic heterocycles. The molecule has 0 spiro atoms. The molecule has 1 aromatic carbocycles. The van der Waals surface area contributed by atoms with Crippen LogP contribution >= 0.6 is 11.3 Å². The summed E-state index contributed by atoms with van der Waals surface area (Å²) in [5, 5.41) is 3.66. The lowest BCUT2D eigenvalue weighted by atomic mass is 10.2. The molecule has 0 unspecified atom stereocenters. The summed E-state index contributed by atoms with van der Waals surface area (Å²) in [5.41, 5.74) is 3.85. The molecule has 24 heavy (non-hydrogen) atoms. The lowest BCUT2D eigenvalue weighted by Gasteiger charge is -2.08. The number of amides is 1. The second-order valence-electron chi connectivity index (χ2n) is 5.34. The Labute approximate surface area is 144 Å². The van der Waals surface area contributed by atoms with E-state index in [1.54, 1.807) is 19.6 Å². The molecule has 1 N–H and O–H groups in total. The molecule has 6 nitrogen and oxygen atoms in total. The summed E-state index contributed by atoms with van der Waals surface area (Å²) in [6.45, 7) is 4.42. The molecule has 3 aromatic rings. The molecular formula is C17H18N4O2S. The first-order valence-corrected chi connectivity index (χ1v) is 8.26. The maximum Gasteiger partial charge on any atom is 0.267 e. The monoisotopic (exact) mass is 342 g/mol. The third-order valence-electron chi connectivity index (χ3n) is 3.70. The zero-order chi connectivity index (χ0) is 17.1. The lowest BCUT2D eigenvalue weighted by Crippen LogP contribution is -2.10. The highest BCUT2D eigenvalue weighted by Gasteiger charge is 2.11. The molecule has 0 saturated carbocycles. The minimum Gasteiger partial charge on any atom is -0.378 e. The Hall–Kier alpha value is -2.51. The number of hydrogen-bond donors (Lipinski definition) is 1. The van der Waals surface area contributed by atoms with Gasteiger partial charge in [0.25, 0.3) is 5.91 Å². The van der Waals surface area contributed by atoms with Gasteiger partial charge in [0.1, 0.15) is 9.88 Å². The van der Waals surface area contributed by atoms with Crippen LogP contribution in [0.4, 0.5) is 5.69 Å². The highest BCUT2D eigenvalue weighted by molar-refractivity contribution is 7.13. The fraction of sp³-hybridized carbons (Fsp3) is 0.235. The smallest absolute Gasteiger partial charge is 0.267 e. The summed E-state index contributed by atoms with van der Waals surface area (Å²) >= 11 is 1.33. The van der Waals surface area contributed by atoms with Crippen molar-refractivity contribution in [2.24, 2.45) is 0 Å². The van der Waals surface area contributed by atoms with E-state index in [-0.39, 0.29) is 5.91 Å². The first kappa shape index (κ1) is 16.4. The van der Waals surface area contributed by atoms with Gasteiger partial charge in [-0.3, -0.25) is 4.79 Å². The van der Waals surface area contributed by atoms with Crippen LogP contribution in [0.2, 0.25) is 0 Å². The third kappa shape index (κ3) is 3.37. The van der Waals surface area contributed by atoms with Crippen LogP contribution in [0, 0.1) is 13.8 Å². The quantitative estimate of drug-likeness (QED) is 0.772. The molecule has 0 fully saturated rings. The number of anilines is 1. The SMILES string of the molecule is COCc1ncc(C(=O)Nc2ccc(-n3cnc(C)c3C)cc2)s1. The van der Waals surface area contributed by atoms with Gasteiger partial charge in [-0.15, -0.1) is 11.3 Å². The summed E-state index contributed by atoms with van der Waals surface area (Å²) < 4.78 is 7.03. The van der Waals surface area contributed by atoms with Crippen molar-refractivity contribution >= 4 is 22.9 Å². The van der Waals surface area contributed by atoms with Crippen molar-refractivity contribution in [3.05, 3.63) is 58.1 Å². The molecule has 0 aliphatic rings. The standard InChI is InChI=1S/C17H18N4O2S/c1-11-12(2)21(10-19-11)14-6-4-13(5-7-14)20-17(22)15-8-18-16(24-15)9-23-3/h4-8,10H,9H2,1-3H3,(H,20,22). The van der Waals surface area contributed by atoms with E-state index in [2.05, 4.69) is 15.3 Å². The minimum atomic E-state index is -0.169. The van der Waals surface area contributed by atoms with Gasteiger partial charge < -0.3 is 14.6 Å². The van der Waals surface area contributed by atoms with E-state index >= 15 is 0 Å². The number of nitrogens with one attached hydrogen (secondary N) is 1. The Bertz CT molecular complexity index is 852. The molecular weight excluding hydrogens is 324 g/mol. The van der Waals surface area contributed by atoms with Gasteiger partial charge in [-0.1, -0.05) is 0 Å². The van der Waals surface area contributed by atoms with Crippen LogP contribution in [0.3, 0.4) is 0 Å². The molecule has 2 heterocycles. The van der Waals surface area contributed by atoms with Gasteiger partial charge in [0.2, 0.25) is 0 Å². The molecule has 0 aliphatic heterocycles. The highest BCUT2D eigenvalue weighted by Crippen LogP contribution is 2.19. The Kier molecular flexibility index (Phi) is 4.73. The Balaban J connectivity index is 1.71. The predicted molar refractivity (Wildman–Crippen MR) is 93.8 cm³/mol. The maximum absolute atomic E-state index is 12.2. The highest BCUT2D eigenvalue weighted by atomic mass is 32.1. The number of nitrogens with zero attached hydrogens (tertiary/aromatic N) is 3. The first-order chi connectivity index (χ1) is 11.6. The largest absolute Gasteiger partial charge is 0.378 e. The average molecular weight is 342 g/mol. The molecule has 0 atom stereocenters. The fourth-order valence-electron chi connectivity index (χ4n) is 2.26. The first-order valence-electron chi connectivity index (χ1n) is 7.44. The number of aryl methyl sites for hydroxylation is 1. The molecule has 3 rings (SSSR count). The van der Waals surface area contributed by atoms with E-state index in [9.17, 15) is 4.79 Å². The predicted octanol–water partition coefficient (Wildman–Crippen LogP) is 3.34. The normalized spacial score (nSPS) is 10.8. The molecule has 1 amide bonds. The molecule has 0 saturated heterocycles. The van der Waals surface area contributed by atoms with Gasteiger partial charge in [0.05, 0.1) is 24.8 Å². The van der Waals surface area contributed by atoms with Crippen LogP contribution in [-0.4, -0.2) is 27.6 Å². The van der Waals surface area contributed by atoms with Crippen molar-refractivity contribution in [3.8, 4) is 5.69 Å². The second-order valence-corrected chi connectivity index (χ2v) is 6.45. The summed E-state index contributed by atoms with van der Waals surface area (Å²) in [7, 11) is 1.60. The Morgan fingerprint density at radius 2 is 2.00 bits per heavy atom. The number of carbonyl (C=O) groups excluding carboxylic acids is 1. The summed E-state index contributed by atoms with van der Waals surface area (Å²) in [4.78, 5) is 21.3. The maximum atomic E-state index is 12.2. The number of carbonyl (C=O) groups is 1. The van der Waals surface area contributed by atoms with Crippen molar-refractivity contribution in [1.82, 2.24) is 14.5 Å². The molecule has 0 bridgehead atoms. The average Bonchev–Trinajstić information content (AvgIpc) is 3.17. The molecule has 124 valence electrons. The Morgan fingerprint density at radius 3 is 2.62 bits per heavy atom. The topological polar surface area (TPSA) is 69.0 Å². The van der Waals surface area contributed by atoms with E-state index < -0.39 is 0 Å². The van der Waals surface area contributed by atoms with E-state index in [1.807, 2.05) is 42.7 Å². The number of benzene rings is 1. The van der Waals surface area contributed by atoms with Crippen molar-refractivity contribution < 1.29 is 9.53 Å². The van der Waals surface area contributed by atoms with Crippen LogP contribution in [0.25, 0.3) is 5.69 Å². The fourth-order valence-corrected chi connectivity index (χ4v) is 3.05. The minimum absolute atomic E-state index is 0.169. The van der Waals surface area contributed by atoms with Crippen molar-refractivity contribution in [1.29, 1.82) is 0 Å². The van der Waals surface area contributed by atoms with Crippen molar-refractivity contribution in [3.63, 3.8) is 0 Å². The molecule has 7 heteroatoms. The van der Waals surface area contributed by atoms with Crippen molar-refractivity contribution in [2.75, 3.05) is 12.4 Å². The van der Waals surface area contributed by atoms with Gasteiger partial charge in [-0.2, -0.15) is 0 Å². The zero-order valence-corrected chi connectivity index (χ0v) is 14.6. The van der Waals surface area contributed by atoms with Gasteiger partial charge >= 0.3 is 0 Å². The second kappa shape index (κ2) is 6.94. The number of aromatic nitrogens is 3. The van der Waals surface area contributed by atoms with E-state index in [1.165, 1.54) is 11.3 Å². The van der Waals surface area contributed by atoms with Gasteiger partial charge in [0, 0.05) is 24.2 Å². The van der Waals surface area contributed by atoms with E-state index in [4.69, 9.17) is 4.74 Å². The number of imidazole rings is 1. The van der Waals surface area contributed by atoms with Gasteiger partial charge in [-0.25, -0.2) is 9.97 Å². The van der Waals surface area contributed by atoms with Crippen LogP contribution in [-0.2, 0) is 11.3 Å². The summed E-state index contributed by atoms with van der Waals surface area (Å²) in [5.74, 6) is -0.169. The molecule has 0 radical (unpaired) electrons. The van der Waals surface area contributed by atoms with Crippen LogP contribution in [0.15, 0.2) is 36.8 Å². The number of rotatable bonds is 5. The van der Waals surface area contributed by atoms with Crippen molar-refractivity contribution in [2.45, 2.75) is 20.5 Å². The van der Waals surface area contributed by atoms with Crippen LogP contribution < -0.4 is 5.32 Å². The van der Waals surface area contributed by atoms with E-state index in [0.717, 1.165) is 27.8 Å². The number of thiazole rings is 1. The molecule has 0 aliphatic carbocycles. The van der Waals surface area contributed by atoms with Gasteiger partial charge in [-0.05, 0) is 38.1 Å². The third-order valence-corrected chi connectivity index (χ3v) is 4.67. The van der Waals surface area contributed by atoms with Crippen LogP contribution in [0.5, 0.6) is 0 Å². The summed E-state index contributed by atoms with van der Waals surface area (Å²) in [6.07, 6.45) is 3.37. The number of methoxy groups -OCH3 is 1. The van der Waals surface area contributed by atoms with E-state index in [0.29, 0.717) is 11.5 Å². The van der Waals surface area contributed by atoms with Gasteiger partial charge in [0.15, 0.2) is 0 Å². The lowest BCUT2D eigenvalue weighted by molar-refractivity contribution is 0.103. The number of hydrogen-bond acceptors (Lipinski definition) is 5.